The van der Waals surface area contributed by atoms with Crippen molar-refractivity contribution in [2.45, 2.75) is 117 Å². The molecule has 0 aliphatic rings. The van der Waals surface area contributed by atoms with E-state index < -0.39 is 0 Å². The van der Waals surface area contributed by atoms with Crippen molar-refractivity contribution in [1.29, 1.82) is 0 Å². The molecule has 3 heteroatoms. The van der Waals surface area contributed by atoms with Crippen LogP contribution in [0.2, 0.25) is 0 Å². The fourth-order valence-electron chi connectivity index (χ4n) is 3.62. The molecular formula is C24H50NO2+. The second kappa shape index (κ2) is 14.4. The molecular weight excluding hydrogens is 334 g/mol. The molecule has 0 rings (SSSR count). The van der Waals surface area contributed by atoms with Gasteiger partial charge < -0.3 is 9.22 Å². The first-order chi connectivity index (χ1) is 12.5. The average Bonchev–Trinajstić information content (AvgIpc) is 2.49. The molecule has 0 saturated heterocycles. The Labute approximate surface area is 170 Å². The van der Waals surface area contributed by atoms with Gasteiger partial charge in [0.1, 0.15) is 6.54 Å². The van der Waals surface area contributed by atoms with Crippen molar-refractivity contribution in [2.24, 2.45) is 5.41 Å². The van der Waals surface area contributed by atoms with Crippen molar-refractivity contribution in [3.8, 4) is 0 Å². The maximum absolute atomic E-state index is 12.3. The lowest BCUT2D eigenvalue weighted by Crippen LogP contribution is -2.44. The van der Waals surface area contributed by atoms with E-state index in [-0.39, 0.29) is 17.5 Å². The third-order valence-corrected chi connectivity index (χ3v) is 4.87. The first-order valence-corrected chi connectivity index (χ1v) is 11.5. The van der Waals surface area contributed by atoms with Crippen LogP contribution in [0.5, 0.6) is 0 Å². The van der Waals surface area contributed by atoms with E-state index in [4.69, 9.17) is 4.74 Å². The molecule has 1 unspecified atom stereocenters. The van der Waals surface area contributed by atoms with E-state index in [9.17, 15) is 4.79 Å². The molecule has 0 amide bonds. The largest absolute Gasteiger partial charge is 0.456 e. The van der Waals surface area contributed by atoms with Gasteiger partial charge in [0.05, 0.1) is 21.1 Å². The third kappa shape index (κ3) is 20.0. The minimum atomic E-state index is -0.00590. The van der Waals surface area contributed by atoms with Gasteiger partial charge in [-0.05, 0) is 18.3 Å². The zero-order valence-corrected chi connectivity index (χ0v) is 19.7. The number of carbonyl (C=O) groups is 1. The van der Waals surface area contributed by atoms with E-state index in [0.29, 0.717) is 6.42 Å². The fraction of sp³-hybridized carbons (Fsp3) is 0.958. The van der Waals surface area contributed by atoms with Crippen molar-refractivity contribution in [1.82, 2.24) is 0 Å². The Balaban J connectivity index is 3.83. The maximum Gasteiger partial charge on any atom is 0.306 e. The molecule has 0 N–H and O–H groups in total. The smallest absolute Gasteiger partial charge is 0.306 e. The van der Waals surface area contributed by atoms with Gasteiger partial charge in [-0.15, -0.1) is 0 Å². The summed E-state index contributed by atoms with van der Waals surface area (Å²) in [6.07, 6.45) is 15.9. The molecule has 0 heterocycles. The minimum Gasteiger partial charge on any atom is -0.456 e. The van der Waals surface area contributed by atoms with E-state index in [2.05, 4.69) is 48.8 Å². The van der Waals surface area contributed by atoms with Crippen molar-refractivity contribution in [3.63, 3.8) is 0 Å². The zero-order valence-electron chi connectivity index (χ0n) is 19.7. The van der Waals surface area contributed by atoms with Crippen LogP contribution in [-0.4, -0.2) is 44.2 Å². The molecule has 0 radical (unpaired) electrons. The van der Waals surface area contributed by atoms with Crippen LogP contribution in [0.1, 0.15) is 111 Å². The Hall–Kier alpha value is -0.570. The summed E-state index contributed by atoms with van der Waals surface area (Å²) in [5, 5.41) is 0. The highest BCUT2D eigenvalue weighted by atomic mass is 16.5. The molecule has 0 aromatic rings. The van der Waals surface area contributed by atoms with Crippen LogP contribution in [-0.2, 0) is 9.53 Å². The van der Waals surface area contributed by atoms with Crippen LogP contribution in [0, 0.1) is 5.41 Å². The topological polar surface area (TPSA) is 26.3 Å². The monoisotopic (exact) mass is 384 g/mol. The van der Waals surface area contributed by atoms with Crippen LogP contribution in [0.4, 0.5) is 0 Å². The zero-order chi connectivity index (χ0) is 20.8. The van der Waals surface area contributed by atoms with Crippen molar-refractivity contribution < 1.29 is 14.0 Å². The molecule has 0 saturated carbocycles. The lowest BCUT2D eigenvalue weighted by molar-refractivity contribution is -0.873. The number of quaternary nitrogens is 1. The van der Waals surface area contributed by atoms with E-state index in [1.807, 2.05) is 0 Å². The summed E-state index contributed by atoms with van der Waals surface area (Å²) in [5.41, 5.74) is 0.177. The number of likely N-dealkylation sites (N-methyl/N-ethyl adjacent to an activating group) is 1. The number of rotatable bonds is 16. The Morgan fingerprint density at radius 1 is 0.815 bits per heavy atom. The van der Waals surface area contributed by atoms with Crippen LogP contribution in [0.15, 0.2) is 0 Å². The van der Waals surface area contributed by atoms with Gasteiger partial charge >= 0.3 is 5.97 Å². The first kappa shape index (κ1) is 26.4. The van der Waals surface area contributed by atoms with Crippen molar-refractivity contribution in [2.75, 3.05) is 27.7 Å². The standard InChI is InChI=1S/C24H50NO2/c1-8-9-10-11-12-13-14-15-16-17-18-19-23(26)27-22(20-24(2,3)4)21-25(5,6)7/h22H,8-21H2,1-7H3/q+1. The molecule has 0 bridgehead atoms. The lowest BCUT2D eigenvalue weighted by atomic mass is 9.89. The summed E-state index contributed by atoms with van der Waals surface area (Å²) < 4.78 is 6.67. The Morgan fingerprint density at radius 2 is 1.26 bits per heavy atom. The highest BCUT2D eigenvalue weighted by Crippen LogP contribution is 2.24. The minimum absolute atomic E-state index is 0.00590. The molecule has 0 fully saturated rings. The van der Waals surface area contributed by atoms with Gasteiger partial charge in [0.15, 0.2) is 6.10 Å². The first-order valence-electron chi connectivity index (χ1n) is 11.5. The normalized spacial score (nSPS) is 13.6. The summed E-state index contributed by atoms with van der Waals surface area (Å²) in [4.78, 5) is 12.3. The van der Waals surface area contributed by atoms with Crippen molar-refractivity contribution in [3.05, 3.63) is 0 Å². The van der Waals surface area contributed by atoms with E-state index in [1.165, 1.54) is 57.8 Å². The molecule has 0 aliphatic carbocycles. The number of unbranched alkanes of at least 4 members (excludes halogenated alkanes) is 10. The van der Waals surface area contributed by atoms with Crippen LogP contribution in [0.25, 0.3) is 0 Å². The van der Waals surface area contributed by atoms with Gasteiger partial charge in [-0.1, -0.05) is 91.9 Å². The van der Waals surface area contributed by atoms with Crippen molar-refractivity contribution >= 4 is 5.97 Å². The van der Waals surface area contributed by atoms with Crippen LogP contribution >= 0.6 is 0 Å². The van der Waals surface area contributed by atoms with E-state index >= 15 is 0 Å². The highest BCUT2D eigenvalue weighted by Gasteiger charge is 2.27. The van der Waals surface area contributed by atoms with Gasteiger partial charge in [-0.2, -0.15) is 0 Å². The third-order valence-electron chi connectivity index (χ3n) is 4.87. The van der Waals surface area contributed by atoms with Gasteiger partial charge in [-0.3, -0.25) is 4.79 Å². The second-order valence-electron chi connectivity index (χ2n) is 10.6. The van der Waals surface area contributed by atoms with Crippen LogP contribution in [0.3, 0.4) is 0 Å². The Kier molecular flexibility index (Phi) is 14.1. The molecule has 0 aliphatic heterocycles. The van der Waals surface area contributed by atoms with E-state index in [0.717, 1.165) is 30.3 Å². The Morgan fingerprint density at radius 3 is 1.67 bits per heavy atom. The van der Waals surface area contributed by atoms with E-state index in [1.54, 1.807) is 0 Å². The van der Waals surface area contributed by atoms with Crippen LogP contribution < -0.4 is 0 Å². The lowest BCUT2D eigenvalue weighted by Gasteiger charge is -2.32. The molecule has 3 nitrogen and oxygen atoms in total. The number of hydrogen-bond acceptors (Lipinski definition) is 2. The van der Waals surface area contributed by atoms with Gasteiger partial charge in [0.2, 0.25) is 0 Å². The summed E-state index contributed by atoms with van der Waals surface area (Å²) in [5.74, 6) is -0.00590. The summed E-state index contributed by atoms with van der Waals surface area (Å²) >= 11 is 0. The number of carbonyl (C=O) groups excluding carboxylic acids is 1. The number of ether oxygens (including phenoxy) is 1. The molecule has 27 heavy (non-hydrogen) atoms. The van der Waals surface area contributed by atoms with Gasteiger partial charge in [0, 0.05) is 6.42 Å². The molecule has 0 aromatic heterocycles. The molecule has 162 valence electrons. The number of hydrogen-bond donors (Lipinski definition) is 0. The SMILES string of the molecule is CCCCCCCCCCCCCC(=O)OC(CC(C)(C)C)C[N+](C)(C)C. The quantitative estimate of drug-likeness (QED) is 0.167. The Bertz CT molecular complexity index is 350. The second-order valence-corrected chi connectivity index (χ2v) is 10.6. The maximum atomic E-state index is 12.3. The summed E-state index contributed by atoms with van der Waals surface area (Å²) in [6, 6.07) is 0. The average molecular weight is 385 g/mol. The highest BCUT2D eigenvalue weighted by molar-refractivity contribution is 5.69. The predicted molar refractivity (Wildman–Crippen MR) is 118 cm³/mol. The summed E-state index contributed by atoms with van der Waals surface area (Å²) in [7, 11) is 6.48. The fourth-order valence-corrected chi connectivity index (χ4v) is 3.62. The summed E-state index contributed by atoms with van der Waals surface area (Å²) in [6.45, 7) is 9.79. The number of nitrogens with zero attached hydrogens (tertiary/aromatic N) is 1. The number of esters is 1. The molecule has 0 aromatic carbocycles. The van der Waals surface area contributed by atoms with Gasteiger partial charge in [-0.25, -0.2) is 0 Å². The van der Waals surface area contributed by atoms with Gasteiger partial charge in [0.25, 0.3) is 0 Å². The molecule has 1 atom stereocenters. The predicted octanol–water partition coefficient (Wildman–Crippen LogP) is 6.74. The molecule has 0 spiro atoms.